The number of benzene rings is 2. The van der Waals surface area contributed by atoms with Crippen molar-refractivity contribution in [2.45, 2.75) is 50.0 Å². The number of piperidine rings is 1. The van der Waals surface area contributed by atoms with E-state index in [1.165, 1.54) is 30.5 Å². The molecule has 2 unspecified atom stereocenters. The number of fused-ring (bicyclic) bond motifs is 2. The van der Waals surface area contributed by atoms with Gasteiger partial charge in [-0.1, -0.05) is 12.1 Å². The van der Waals surface area contributed by atoms with Gasteiger partial charge in [-0.05, 0) is 92.6 Å². The SMILES string of the molecule is O=C(CCCN1CCC2(c3cccc(O)c3)CCC1C2)c1ccc(F)cc1. The molecule has 0 aromatic heterocycles. The molecule has 1 aliphatic carbocycles. The van der Waals surface area contributed by atoms with E-state index in [0.717, 1.165) is 32.4 Å². The van der Waals surface area contributed by atoms with Crippen LogP contribution in [0.5, 0.6) is 5.75 Å². The van der Waals surface area contributed by atoms with E-state index >= 15 is 0 Å². The summed E-state index contributed by atoms with van der Waals surface area (Å²) in [5.41, 5.74) is 2.08. The van der Waals surface area contributed by atoms with Gasteiger partial charge in [0.15, 0.2) is 5.78 Å². The van der Waals surface area contributed by atoms with Gasteiger partial charge < -0.3 is 10.0 Å². The van der Waals surface area contributed by atoms with Gasteiger partial charge in [0.1, 0.15) is 11.6 Å². The molecule has 0 radical (unpaired) electrons. The number of halogens is 1. The van der Waals surface area contributed by atoms with Crippen LogP contribution in [0, 0.1) is 5.82 Å². The summed E-state index contributed by atoms with van der Waals surface area (Å²) in [5.74, 6) is 0.135. The van der Waals surface area contributed by atoms with Crippen molar-refractivity contribution in [2.75, 3.05) is 13.1 Å². The third-order valence-corrected chi connectivity index (χ3v) is 6.45. The Balaban J connectivity index is 1.31. The van der Waals surface area contributed by atoms with Crippen LogP contribution in [0.3, 0.4) is 0 Å². The van der Waals surface area contributed by atoms with E-state index in [0.29, 0.717) is 23.8 Å². The standard InChI is InChI=1S/C23H26FNO2/c24-19-8-6-17(7-9-19)22(27)5-2-13-25-14-12-23(11-10-20(25)16-23)18-3-1-4-21(26)15-18/h1,3-4,6-9,15,20,26H,2,5,10-14,16H2. The molecule has 4 rings (SSSR count). The highest BCUT2D eigenvalue weighted by atomic mass is 19.1. The number of phenols is 1. The first kappa shape index (κ1) is 18.2. The zero-order valence-electron chi connectivity index (χ0n) is 15.5. The Morgan fingerprint density at radius 3 is 2.78 bits per heavy atom. The van der Waals surface area contributed by atoms with Gasteiger partial charge in [0.25, 0.3) is 0 Å². The Morgan fingerprint density at radius 2 is 2.00 bits per heavy atom. The molecular formula is C23H26FNO2. The van der Waals surface area contributed by atoms with Crippen LogP contribution < -0.4 is 0 Å². The zero-order chi connectivity index (χ0) is 18.9. The van der Waals surface area contributed by atoms with Crippen molar-refractivity contribution in [3.63, 3.8) is 0 Å². The molecule has 142 valence electrons. The highest BCUT2D eigenvalue weighted by Gasteiger charge is 2.46. The molecule has 2 aromatic carbocycles. The monoisotopic (exact) mass is 367 g/mol. The zero-order valence-corrected chi connectivity index (χ0v) is 15.5. The summed E-state index contributed by atoms with van der Waals surface area (Å²) in [7, 11) is 0. The number of rotatable bonds is 6. The molecule has 2 aliphatic rings. The fourth-order valence-electron chi connectivity index (χ4n) is 4.94. The van der Waals surface area contributed by atoms with Crippen molar-refractivity contribution in [3.05, 3.63) is 65.5 Å². The number of carbonyl (C=O) groups excluding carboxylic acids is 1. The number of phenolic OH excluding ortho intramolecular Hbond substituents is 1. The van der Waals surface area contributed by atoms with Crippen molar-refractivity contribution in [1.82, 2.24) is 4.90 Å². The van der Waals surface area contributed by atoms with Crippen LogP contribution >= 0.6 is 0 Å². The largest absolute Gasteiger partial charge is 0.508 e. The van der Waals surface area contributed by atoms with Crippen LogP contribution in [0.15, 0.2) is 48.5 Å². The number of hydrogen-bond donors (Lipinski definition) is 1. The predicted octanol–water partition coefficient (Wildman–Crippen LogP) is 4.69. The van der Waals surface area contributed by atoms with E-state index in [1.54, 1.807) is 18.2 Å². The minimum Gasteiger partial charge on any atom is -0.508 e. The van der Waals surface area contributed by atoms with E-state index in [2.05, 4.69) is 11.0 Å². The number of carbonyl (C=O) groups is 1. The molecule has 2 atom stereocenters. The maximum atomic E-state index is 13.0. The second-order valence-electron chi connectivity index (χ2n) is 8.05. The Morgan fingerprint density at radius 1 is 1.19 bits per heavy atom. The Bertz CT molecular complexity index is 819. The van der Waals surface area contributed by atoms with E-state index in [1.807, 2.05) is 12.1 Å². The fourth-order valence-corrected chi connectivity index (χ4v) is 4.94. The first-order chi connectivity index (χ1) is 13.1. The lowest BCUT2D eigenvalue weighted by Gasteiger charge is -2.40. The van der Waals surface area contributed by atoms with Gasteiger partial charge in [-0.2, -0.15) is 0 Å². The summed E-state index contributed by atoms with van der Waals surface area (Å²) in [4.78, 5) is 14.8. The van der Waals surface area contributed by atoms with Crippen LogP contribution in [0.2, 0.25) is 0 Å². The number of Topliss-reactive ketones (excluding diaryl/α,β-unsaturated/α-hetero) is 1. The van der Waals surface area contributed by atoms with Crippen LogP contribution in [0.25, 0.3) is 0 Å². The maximum absolute atomic E-state index is 13.0. The molecule has 27 heavy (non-hydrogen) atoms. The van der Waals surface area contributed by atoms with E-state index in [4.69, 9.17) is 0 Å². The second kappa shape index (κ2) is 7.43. The number of aromatic hydroxyl groups is 1. The van der Waals surface area contributed by atoms with E-state index < -0.39 is 0 Å². The molecule has 1 aliphatic heterocycles. The molecular weight excluding hydrogens is 341 g/mol. The Hall–Kier alpha value is -2.20. The van der Waals surface area contributed by atoms with Gasteiger partial charge in [0.2, 0.25) is 0 Å². The summed E-state index contributed by atoms with van der Waals surface area (Å²) in [6.45, 7) is 1.98. The fraction of sp³-hybridized carbons (Fsp3) is 0.435. The van der Waals surface area contributed by atoms with E-state index in [-0.39, 0.29) is 17.0 Å². The summed E-state index contributed by atoms with van der Waals surface area (Å²) in [6, 6.07) is 14.2. The minimum atomic E-state index is -0.309. The minimum absolute atomic E-state index is 0.0903. The predicted molar refractivity (Wildman–Crippen MR) is 104 cm³/mol. The van der Waals surface area contributed by atoms with Gasteiger partial charge in [0, 0.05) is 18.0 Å². The topological polar surface area (TPSA) is 40.5 Å². The lowest BCUT2D eigenvalue weighted by atomic mass is 9.74. The van der Waals surface area contributed by atoms with Crippen LogP contribution in [-0.2, 0) is 5.41 Å². The summed E-state index contributed by atoms with van der Waals surface area (Å²) in [5, 5.41) is 9.83. The number of hydrogen-bond acceptors (Lipinski definition) is 3. The van der Waals surface area contributed by atoms with Crippen LogP contribution in [0.4, 0.5) is 4.39 Å². The van der Waals surface area contributed by atoms with Crippen molar-refractivity contribution in [2.24, 2.45) is 0 Å². The Kier molecular flexibility index (Phi) is 5.00. The summed E-state index contributed by atoms with van der Waals surface area (Å²) >= 11 is 0. The highest BCUT2D eigenvalue weighted by molar-refractivity contribution is 5.95. The van der Waals surface area contributed by atoms with Crippen molar-refractivity contribution in [3.8, 4) is 5.75 Å². The summed E-state index contributed by atoms with van der Waals surface area (Å²) in [6.07, 6.45) is 5.95. The average Bonchev–Trinajstić information content (AvgIpc) is 3.03. The molecule has 1 saturated carbocycles. The molecule has 3 nitrogen and oxygen atoms in total. The van der Waals surface area contributed by atoms with Crippen molar-refractivity contribution < 1.29 is 14.3 Å². The normalized spacial score (nSPS) is 24.9. The molecule has 0 spiro atoms. The molecule has 2 aromatic rings. The molecule has 2 fully saturated rings. The number of ketones is 1. The smallest absolute Gasteiger partial charge is 0.162 e. The van der Waals surface area contributed by atoms with Gasteiger partial charge in [-0.25, -0.2) is 4.39 Å². The number of nitrogens with zero attached hydrogens (tertiary/aromatic N) is 1. The third-order valence-electron chi connectivity index (χ3n) is 6.45. The highest BCUT2D eigenvalue weighted by Crippen LogP contribution is 2.49. The molecule has 1 heterocycles. The quantitative estimate of drug-likeness (QED) is 0.753. The maximum Gasteiger partial charge on any atom is 0.162 e. The average molecular weight is 367 g/mol. The molecule has 0 amide bonds. The van der Waals surface area contributed by atoms with Crippen LogP contribution in [0.1, 0.15) is 54.4 Å². The molecule has 1 saturated heterocycles. The van der Waals surface area contributed by atoms with E-state index in [9.17, 15) is 14.3 Å². The Labute approximate surface area is 159 Å². The molecule has 2 bridgehead atoms. The van der Waals surface area contributed by atoms with Crippen LogP contribution in [-0.4, -0.2) is 34.9 Å². The third kappa shape index (κ3) is 3.77. The number of likely N-dealkylation sites (tertiary alicyclic amines) is 1. The van der Waals surface area contributed by atoms with Crippen molar-refractivity contribution in [1.29, 1.82) is 0 Å². The van der Waals surface area contributed by atoms with Gasteiger partial charge in [-0.15, -0.1) is 0 Å². The molecule has 1 N–H and O–H groups in total. The van der Waals surface area contributed by atoms with Crippen molar-refractivity contribution >= 4 is 5.78 Å². The lowest BCUT2D eigenvalue weighted by molar-refractivity contribution is 0.0959. The first-order valence-electron chi connectivity index (χ1n) is 9.88. The lowest BCUT2D eigenvalue weighted by Crippen LogP contribution is -2.43. The first-order valence-corrected chi connectivity index (χ1v) is 9.88. The second-order valence-corrected chi connectivity index (χ2v) is 8.05. The summed E-state index contributed by atoms with van der Waals surface area (Å²) < 4.78 is 13.0. The van der Waals surface area contributed by atoms with Gasteiger partial charge >= 0.3 is 0 Å². The molecule has 4 heteroatoms. The van der Waals surface area contributed by atoms with Gasteiger partial charge in [-0.3, -0.25) is 4.79 Å². The van der Waals surface area contributed by atoms with Gasteiger partial charge in [0.05, 0.1) is 0 Å².